The molecule has 1 aliphatic heterocycles. The van der Waals surface area contributed by atoms with Gasteiger partial charge in [-0.05, 0) is 37.3 Å². The monoisotopic (exact) mass is 274 g/mol. The Morgan fingerprint density at radius 2 is 2.00 bits per heavy atom. The highest BCUT2D eigenvalue weighted by Gasteiger charge is 2.23. The summed E-state index contributed by atoms with van der Waals surface area (Å²) in [6, 6.07) is 12.3. The lowest BCUT2D eigenvalue weighted by Gasteiger charge is -2.37. The molecule has 2 heteroatoms. The summed E-state index contributed by atoms with van der Waals surface area (Å²) in [5.74, 6) is 0.724. The predicted molar refractivity (Wildman–Crippen MR) is 86.9 cm³/mol. The zero-order chi connectivity index (χ0) is 14.4. The van der Waals surface area contributed by atoms with Crippen LogP contribution in [-0.4, -0.2) is 30.6 Å². The van der Waals surface area contributed by atoms with Crippen molar-refractivity contribution in [1.29, 1.82) is 0 Å². The zero-order valence-corrected chi connectivity index (χ0v) is 13.3. The van der Waals surface area contributed by atoms with Crippen LogP contribution in [0.5, 0.6) is 0 Å². The van der Waals surface area contributed by atoms with E-state index in [1.165, 1.54) is 37.9 Å². The number of rotatable bonds is 4. The molecule has 2 rings (SSSR count). The van der Waals surface area contributed by atoms with Gasteiger partial charge in [0.15, 0.2) is 0 Å². The Hall–Kier alpha value is -0.860. The average molecular weight is 274 g/mol. The Bertz CT molecular complexity index is 376. The number of hydrogen-bond donors (Lipinski definition) is 1. The molecule has 1 N–H and O–H groups in total. The fourth-order valence-electron chi connectivity index (χ4n) is 3.36. The largest absolute Gasteiger partial charge is 0.314 e. The van der Waals surface area contributed by atoms with E-state index >= 15 is 0 Å². The van der Waals surface area contributed by atoms with E-state index in [0.29, 0.717) is 12.1 Å². The van der Waals surface area contributed by atoms with Crippen molar-refractivity contribution in [3.05, 3.63) is 35.9 Å². The van der Waals surface area contributed by atoms with E-state index in [1.807, 2.05) is 0 Å². The summed E-state index contributed by atoms with van der Waals surface area (Å²) in [7, 11) is 0. The van der Waals surface area contributed by atoms with Crippen LogP contribution in [0.3, 0.4) is 0 Å². The molecule has 0 aliphatic carbocycles. The molecule has 3 unspecified atom stereocenters. The van der Waals surface area contributed by atoms with E-state index in [4.69, 9.17) is 0 Å². The maximum Gasteiger partial charge on any atom is 0.0345 e. The molecule has 0 aromatic heterocycles. The zero-order valence-electron chi connectivity index (χ0n) is 13.3. The molecule has 3 atom stereocenters. The van der Waals surface area contributed by atoms with E-state index in [0.717, 1.165) is 12.5 Å². The van der Waals surface area contributed by atoms with Gasteiger partial charge in [-0.2, -0.15) is 0 Å². The van der Waals surface area contributed by atoms with Crippen molar-refractivity contribution in [2.75, 3.05) is 19.6 Å². The van der Waals surface area contributed by atoms with Crippen molar-refractivity contribution >= 4 is 0 Å². The van der Waals surface area contributed by atoms with Crippen LogP contribution in [-0.2, 0) is 0 Å². The van der Waals surface area contributed by atoms with Crippen LogP contribution in [0.2, 0.25) is 0 Å². The van der Waals surface area contributed by atoms with Gasteiger partial charge in [-0.15, -0.1) is 0 Å². The fraction of sp³-hybridized carbons (Fsp3) is 0.667. The molecule has 0 saturated carbocycles. The lowest BCUT2D eigenvalue weighted by Crippen LogP contribution is -2.44. The molecule has 1 aromatic carbocycles. The van der Waals surface area contributed by atoms with Gasteiger partial charge >= 0.3 is 0 Å². The minimum absolute atomic E-state index is 0.578. The van der Waals surface area contributed by atoms with Crippen LogP contribution >= 0.6 is 0 Å². The van der Waals surface area contributed by atoms with Crippen molar-refractivity contribution in [3.63, 3.8) is 0 Å². The summed E-state index contributed by atoms with van der Waals surface area (Å²) in [6.45, 7) is 10.6. The summed E-state index contributed by atoms with van der Waals surface area (Å²) in [5.41, 5.74) is 1.48. The van der Waals surface area contributed by atoms with Crippen LogP contribution in [0.25, 0.3) is 0 Å². The van der Waals surface area contributed by atoms with Gasteiger partial charge in [0.05, 0.1) is 0 Å². The molecule has 1 heterocycles. The second-order valence-corrected chi connectivity index (χ2v) is 6.24. The summed E-state index contributed by atoms with van der Waals surface area (Å²) in [6.07, 6.45) is 3.70. The maximum atomic E-state index is 3.71. The molecule has 0 bridgehead atoms. The average Bonchev–Trinajstić information content (AvgIpc) is 2.46. The van der Waals surface area contributed by atoms with Gasteiger partial charge in [-0.25, -0.2) is 0 Å². The van der Waals surface area contributed by atoms with Gasteiger partial charge in [0.2, 0.25) is 0 Å². The first kappa shape index (κ1) is 15.5. The normalized spacial score (nSPS) is 26.8. The molecule has 1 aromatic rings. The summed E-state index contributed by atoms with van der Waals surface area (Å²) in [4.78, 5) is 2.71. The van der Waals surface area contributed by atoms with E-state index in [1.54, 1.807) is 0 Å². The van der Waals surface area contributed by atoms with E-state index in [-0.39, 0.29) is 0 Å². The highest BCUT2D eigenvalue weighted by molar-refractivity contribution is 5.19. The molecule has 112 valence electrons. The molecule has 1 saturated heterocycles. The molecule has 20 heavy (non-hydrogen) atoms. The third-order valence-electron chi connectivity index (χ3n) is 4.57. The molecule has 1 fully saturated rings. The van der Waals surface area contributed by atoms with Gasteiger partial charge in [-0.1, -0.05) is 51.1 Å². The Morgan fingerprint density at radius 3 is 2.65 bits per heavy atom. The van der Waals surface area contributed by atoms with Crippen LogP contribution in [0, 0.1) is 5.92 Å². The van der Waals surface area contributed by atoms with E-state index < -0.39 is 0 Å². The minimum atomic E-state index is 0.578. The van der Waals surface area contributed by atoms with Gasteiger partial charge in [-0.3, -0.25) is 4.90 Å². The Labute approximate surface area is 124 Å². The molecule has 0 amide bonds. The first-order valence-corrected chi connectivity index (χ1v) is 8.27. The minimum Gasteiger partial charge on any atom is -0.314 e. The standard InChI is InChI=1S/C18H30N2/c1-4-17-11-12-20(14-15(3)13-19-17)18(5-2)16-9-7-6-8-10-16/h6-10,15,17-19H,4-5,11-14H2,1-3H3. The van der Waals surface area contributed by atoms with Crippen molar-refractivity contribution in [2.24, 2.45) is 5.92 Å². The van der Waals surface area contributed by atoms with Crippen molar-refractivity contribution in [1.82, 2.24) is 10.2 Å². The van der Waals surface area contributed by atoms with Crippen LogP contribution in [0.4, 0.5) is 0 Å². The summed E-state index contributed by atoms with van der Waals surface area (Å²) < 4.78 is 0. The van der Waals surface area contributed by atoms with E-state index in [9.17, 15) is 0 Å². The molecule has 2 nitrogen and oxygen atoms in total. The SMILES string of the molecule is CCC1CCN(C(CC)c2ccccc2)CC(C)CN1. The molecule has 0 radical (unpaired) electrons. The first-order chi connectivity index (χ1) is 9.74. The number of benzene rings is 1. The smallest absolute Gasteiger partial charge is 0.0345 e. The summed E-state index contributed by atoms with van der Waals surface area (Å²) in [5, 5.41) is 3.71. The number of nitrogens with one attached hydrogen (secondary N) is 1. The Kier molecular flexibility index (Phi) is 6.06. The predicted octanol–water partition coefficient (Wildman–Crippen LogP) is 3.85. The van der Waals surface area contributed by atoms with Crippen molar-refractivity contribution in [2.45, 2.75) is 52.1 Å². The van der Waals surface area contributed by atoms with E-state index in [2.05, 4.69) is 61.3 Å². The lowest BCUT2D eigenvalue weighted by atomic mass is 9.98. The molecule has 0 spiro atoms. The Morgan fingerprint density at radius 1 is 1.25 bits per heavy atom. The van der Waals surface area contributed by atoms with Crippen molar-refractivity contribution < 1.29 is 0 Å². The quantitative estimate of drug-likeness (QED) is 0.897. The molecular weight excluding hydrogens is 244 g/mol. The third-order valence-corrected chi connectivity index (χ3v) is 4.57. The van der Waals surface area contributed by atoms with Gasteiger partial charge in [0.25, 0.3) is 0 Å². The van der Waals surface area contributed by atoms with Crippen LogP contribution < -0.4 is 5.32 Å². The second-order valence-electron chi connectivity index (χ2n) is 6.24. The van der Waals surface area contributed by atoms with Crippen molar-refractivity contribution in [3.8, 4) is 0 Å². The van der Waals surface area contributed by atoms with Gasteiger partial charge < -0.3 is 5.32 Å². The molecular formula is C18H30N2. The van der Waals surface area contributed by atoms with Gasteiger partial charge in [0.1, 0.15) is 0 Å². The second kappa shape index (κ2) is 7.80. The van der Waals surface area contributed by atoms with Crippen LogP contribution in [0.1, 0.15) is 51.6 Å². The fourth-order valence-corrected chi connectivity index (χ4v) is 3.36. The Balaban J connectivity index is 2.10. The molecule has 1 aliphatic rings. The number of nitrogens with zero attached hydrogens (tertiary/aromatic N) is 1. The summed E-state index contributed by atoms with van der Waals surface area (Å²) >= 11 is 0. The lowest BCUT2D eigenvalue weighted by molar-refractivity contribution is 0.140. The number of hydrogen-bond acceptors (Lipinski definition) is 2. The van der Waals surface area contributed by atoms with Gasteiger partial charge in [0, 0.05) is 25.2 Å². The van der Waals surface area contributed by atoms with Crippen LogP contribution in [0.15, 0.2) is 30.3 Å². The highest BCUT2D eigenvalue weighted by Crippen LogP contribution is 2.26. The topological polar surface area (TPSA) is 15.3 Å². The maximum absolute atomic E-state index is 3.71. The third kappa shape index (κ3) is 4.07. The highest BCUT2D eigenvalue weighted by atomic mass is 15.2. The first-order valence-electron chi connectivity index (χ1n) is 8.27.